The van der Waals surface area contributed by atoms with Gasteiger partial charge in [-0.1, -0.05) is 22.9 Å². The lowest BCUT2D eigenvalue weighted by Gasteiger charge is -2.28. The van der Waals surface area contributed by atoms with E-state index in [2.05, 4.69) is 15.3 Å². The van der Waals surface area contributed by atoms with E-state index in [1.165, 1.54) is 4.68 Å². The first-order valence-corrected chi connectivity index (χ1v) is 9.66. The molecule has 4 heterocycles. The smallest absolute Gasteiger partial charge is 0.281 e. The lowest BCUT2D eigenvalue weighted by Crippen LogP contribution is -2.39. The third kappa shape index (κ3) is 2.61. The van der Waals surface area contributed by atoms with E-state index < -0.39 is 5.72 Å². The zero-order valence-corrected chi connectivity index (χ0v) is 16.8. The van der Waals surface area contributed by atoms with Gasteiger partial charge in [0.15, 0.2) is 11.3 Å². The summed E-state index contributed by atoms with van der Waals surface area (Å²) in [4.78, 5) is 18.3. The van der Waals surface area contributed by atoms with Gasteiger partial charge in [-0.2, -0.15) is 4.68 Å². The quantitative estimate of drug-likeness (QED) is 0.510. The average Bonchev–Trinajstić information content (AvgIpc) is 3.43. The number of halogens is 1. The lowest BCUT2D eigenvalue weighted by atomic mass is 10.1. The van der Waals surface area contributed by atoms with Crippen LogP contribution >= 0.6 is 11.6 Å². The fourth-order valence-electron chi connectivity index (χ4n) is 4.08. The standard InChI is InChI=1S/C19H19ClN6O3/c1-19(7-4-8-29-19)25-15-13(20)5-3-6-14(15)24-11-21-17(16(24)18(25)27)26-12(10-28-2)9-22-23-26/h3,5-6,9,11H,4,7-8,10H2,1-2H3. The van der Waals surface area contributed by atoms with Crippen LogP contribution in [-0.4, -0.2) is 42.7 Å². The highest BCUT2D eigenvalue weighted by Crippen LogP contribution is 2.35. The molecule has 0 amide bonds. The van der Waals surface area contributed by atoms with Crippen molar-refractivity contribution in [3.63, 3.8) is 0 Å². The highest BCUT2D eigenvalue weighted by molar-refractivity contribution is 6.35. The Hall–Kier alpha value is -2.75. The molecule has 0 bridgehead atoms. The SMILES string of the molecule is COCc1cnnn1-c1ncn2c1c(=O)n(C1(C)CCCO1)c1c(Cl)cccc12. The summed E-state index contributed by atoms with van der Waals surface area (Å²) in [5, 5.41) is 8.55. The number of hydrogen-bond donors (Lipinski definition) is 0. The van der Waals surface area contributed by atoms with Gasteiger partial charge in [0.2, 0.25) is 0 Å². The summed E-state index contributed by atoms with van der Waals surface area (Å²) in [5.41, 5.74) is 1.41. The Morgan fingerprint density at radius 2 is 2.21 bits per heavy atom. The maximum atomic E-state index is 13.8. The molecule has 4 aromatic rings. The predicted octanol–water partition coefficient (Wildman–Crippen LogP) is 2.51. The van der Waals surface area contributed by atoms with Crippen molar-refractivity contribution in [3.8, 4) is 5.82 Å². The van der Waals surface area contributed by atoms with Crippen LogP contribution in [0.15, 0.2) is 35.5 Å². The molecule has 29 heavy (non-hydrogen) atoms. The molecule has 1 atom stereocenters. The van der Waals surface area contributed by atoms with Gasteiger partial charge in [-0.3, -0.25) is 13.8 Å². The van der Waals surface area contributed by atoms with Crippen molar-refractivity contribution < 1.29 is 9.47 Å². The maximum Gasteiger partial charge on any atom is 0.281 e. The number of methoxy groups -OCH3 is 1. The molecule has 9 nitrogen and oxygen atoms in total. The van der Waals surface area contributed by atoms with Crippen molar-refractivity contribution in [2.75, 3.05) is 13.7 Å². The van der Waals surface area contributed by atoms with Crippen LogP contribution in [-0.2, 0) is 21.8 Å². The summed E-state index contributed by atoms with van der Waals surface area (Å²) in [6.45, 7) is 2.80. The number of para-hydroxylation sites is 1. The Balaban J connectivity index is 1.92. The summed E-state index contributed by atoms with van der Waals surface area (Å²) < 4.78 is 16.2. The molecule has 1 aliphatic rings. The second kappa shape index (κ2) is 6.65. The van der Waals surface area contributed by atoms with Crippen molar-refractivity contribution in [2.24, 2.45) is 0 Å². The fraction of sp³-hybridized carbons (Fsp3) is 0.368. The van der Waals surface area contributed by atoms with Crippen molar-refractivity contribution >= 4 is 28.2 Å². The largest absolute Gasteiger partial charge is 0.378 e. The van der Waals surface area contributed by atoms with Gasteiger partial charge in [0.05, 0.1) is 34.6 Å². The molecule has 0 radical (unpaired) electrons. The molecule has 150 valence electrons. The summed E-state index contributed by atoms with van der Waals surface area (Å²) in [6.07, 6.45) is 4.77. The van der Waals surface area contributed by atoms with E-state index in [4.69, 9.17) is 21.1 Å². The van der Waals surface area contributed by atoms with Gasteiger partial charge >= 0.3 is 0 Å². The van der Waals surface area contributed by atoms with Crippen LogP contribution in [0.3, 0.4) is 0 Å². The molecule has 5 rings (SSSR count). The first-order chi connectivity index (χ1) is 14.0. The second-order valence-corrected chi connectivity index (χ2v) is 7.64. The molecular formula is C19H19ClN6O3. The lowest BCUT2D eigenvalue weighted by molar-refractivity contribution is -0.0447. The van der Waals surface area contributed by atoms with Crippen LogP contribution < -0.4 is 5.56 Å². The Bertz CT molecular complexity index is 1280. The first kappa shape index (κ1) is 18.3. The third-order valence-electron chi connectivity index (χ3n) is 5.39. The van der Waals surface area contributed by atoms with Crippen LogP contribution in [0.25, 0.3) is 22.4 Å². The average molecular weight is 415 g/mol. The number of rotatable bonds is 4. The highest BCUT2D eigenvalue weighted by atomic mass is 35.5. The van der Waals surface area contributed by atoms with Crippen molar-refractivity contribution in [2.45, 2.75) is 32.1 Å². The molecule has 1 unspecified atom stereocenters. The molecule has 3 aromatic heterocycles. The van der Waals surface area contributed by atoms with Crippen LogP contribution in [0.2, 0.25) is 5.02 Å². The normalized spacial score (nSPS) is 19.6. The first-order valence-electron chi connectivity index (χ1n) is 9.29. The minimum absolute atomic E-state index is 0.249. The molecule has 0 saturated carbocycles. The van der Waals surface area contributed by atoms with Gasteiger partial charge in [-0.15, -0.1) is 5.10 Å². The van der Waals surface area contributed by atoms with Gasteiger partial charge in [-0.25, -0.2) is 4.98 Å². The molecule has 10 heteroatoms. The predicted molar refractivity (Wildman–Crippen MR) is 106 cm³/mol. The van der Waals surface area contributed by atoms with E-state index in [9.17, 15) is 4.79 Å². The van der Waals surface area contributed by atoms with E-state index in [0.29, 0.717) is 47.2 Å². The molecule has 0 aliphatic carbocycles. The minimum Gasteiger partial charge on any atom is -0.378 e. The maximum absolute atomic E-state index is 13.8. The van der Waals surface area contributed by atoms with E-state index in [1.807, 2.05) is 19.1 Å². The Morgan fingerprint density at radius 3 is 2.97 bits per heavy atom. The van der Waals surface area contributed by atoms with E-state index >= 15 is 0 Å². The number of ether oxygens (including phenoxy) is 2. The molecule has 1 fully saturated rings. The second-order valence-electron chi connectivity index (χ2n) is 7.23. The zero-order valence-electron chi connectivity index (χ0n) is 16.0. The van der Waals surface area contributed by atoms with Gasteiger partial charge in [0.1, 0.15) is 12.1 Å². The summed E-state index contributed by atoms with van der Waals surface area (Å²) in [6, 6.07) is 5.53. The van der Waals surface area contributed by atoms with Crippen molar-refractivity contribution in [1.82, 2.24) is 28.9 Å². The molecule has 0 N–H and O–H groups in total. The van der Waals surface area contributed by atoms with Crippen LogP contribution in [0.4, 0.5) is 0 Å². The fourth-order valence-corrected chi connectivity index (χ4v) is 4.33. The Labute approximate surface area is 170 Å². The van der Waals surface area contributed by atoms with Crippen molar-refractivity contribution in [1.29, 1.82) is 0 Å². The molecule has 1 saturated heterocycles. The van der Waals surface area contributed by atoms with E-state index in [1.54, 1.807) is 34.7 Å². The van der Waals surface area contributed by atoms with Crippen LogP contribution in [0, 0.1) is 0 Å². The van der Waals surface area contributed by atoms with Crippen molar-refractivity contribution in [3.05, 3.63) is 51.8 Å². The van der Waals surface area contributed by atoms with Gasteiger partial charge in [0, 0.05) is 13.7 Å². The van der Waals surface area contributed by atoms with Gasteiger partial charge in [0.25, 0.3) is 5.56 Å². The minimum atomic E-state index is -0.790. The highest BCUT2D eigenvalue weighted by Gasteiger charge is 2.36. The molecule has 0 spiro atoms. The van der Waals surface area contributed by atoms with E-state index in [-0.39, 0.29) is 5.56 Å². The number of fused-ring (bicyclic) bond motifs is 3. The number of aromatic nitrogens is 6. The number of imidazole rings is 1. The summed E-state index contributed by atoms with van der Waals surface area (Å²) >= 11 is 6.55. The Morgan fingerprint density at radius 1 is 1.34 bits per heavy atom. The summed E-state index contributed by atoms with van der Waals surface area (Å²) in [7, 11) is 1.59. The molecule has 1 aromatic carbocycles. The topological polar surface area (TPSA) is 88.5 Å². The molecule has 1 aliphatic heterocycles. The van der Waals surface area contributed by atoms with Crippen LogP contribution in [0.1, 0.15) is 25.5 Å². The summed E-state index contributed by atoms with van der Waals surface area (Å²) in [5.74, 6) is 0.386. The van der Waals surface area contributed by atoms with Gasteiger partial charge < -0.3 is 9.47 Å². The number of nitrogens with zero attached hydrogens (tertiary/aromatic N) is 6. The van der Waals surface area contributed by atoms with Gasteiger partial charge in [-0.05, 0) is 31.9 Å². The molecular weight excluding hydrogens is 396 g/mol. The third-order valence-corrected chi connectivity index (χ3v) is 5.69. The Kier molecular flexibility index (Phi) is 4.19. The van der Waals surface area contributed by atoms with Crippen LogP contribution in [0.5, 0.6) is 0 Å². The van der Waals surface area contributed by atoms with E-state index in [0.717, 1.165) is 11.9 Å². The number of hydrogen-bond acceptors (Lipinski definition) is 6. The monoisotopic (exact) mass is 414 g/mol. The number of benzene rings is 1. The zero-order chi connectivity index (χ0) is 20.2.